The normalized spacial score (nSPS) is 16.9. The molecule has 1 saturated heterocycles. The lowest BCUT2D eigenvalue weighted by molar-refractivity contribution is 0.0427. The van der Waals surface area contributed by atoms with E-state index >= 15 is 0 Å². The fourth-order valence-electron chi connectivity index (χ4n) is 2.09. The van der Waals surface area contributed by atoms with Gasteiger partial charge in [-0.2, -0.15) is 0 Å². The van der Waals surface area contributed by atoms with Crippen LogP contribution in [0.2, 0.25) is 0 Å². The predicted octanol–water partition coefficient (Wildman–Crippen LogP) is 0.792. The Bertz CT molecular complexity index is 602. The van der Waals surface area contributed by atoms with E-state index in [1.165, 1.54) is 0 Å². The number of benzene rings is 1. The van der Waals surface area contributed by atoms with E-state index in [1.54, 1.807) is 10.7 Å². The molecule has 0 aliphatic carbocycles. The first kappa shape index (κ1) is 11.3. The number of hydrogen-bond donors (Lipinski definition) is 1. The quantitative estimate of drug-likeness (QED) is 0.850. The van der Waals surface area contributed by atoms with Gasteiger partial charge in [-0.15, -0.1) is 0 Å². The van der Waals surface area contributed by atoms with Gasteiger partial charge in [-0.05, 0) is 12.1 Å². The van der Waals surface area contributed by atoms with E-state index in [1.807, 2.05) is 35.3 Å². The molecule has 1 N–H and O–H groups in total. The van der Waals surface area contributed by atoms with Crippen LogP contribution in [-0.2, 0) is 4.74 Å². The standard InChI is InChI=1S/C13H15N3O2/c17-13-6-5-11-3-1-2-4-12(11)16(13)14-15-7-9-18-10-8-15/h1-6,14H,7-10H2. The zero-order chi connectivity index (χ0) is 12.4. The molecule has 1 aliphatic rings. The highest BCUT2D eigenvalue weighted by molar-refractivity contribution is 5.78. The molecule has 18 heavy (non-hydrogen) atoms. The summed E-state index contributed by atoms with van der Waals surface area (Å²) in [6.45, 7) is 2.92. The number of nitrogens with zero attached hydrogens (tertiary/aromatic N) is 2. The zero-order valence-electron chi connectivity index (χ0n) is 10.0. The van der Waals surface area contributed by atoms with E-state index in [2.05, 4.69) is 5.53 Å². The van der Waals surface area contributed by atoms with Gasteiger partial charge in [0, 0.05) is 24.5 Å². The molecule has 0 radical (unpaired) electrons. The highest BCUT2D eigenvalue weighted by atomic mass is 16.5. The van der Waals surface area contributed by atoms with Crippen LogP contribution in [0.15, 0.2) is 41.2 Å². The molecule has 1 fully saturated rings. The third-order valence-electron chi connectivity index (χ3n) is 3.06. The number of para-hydroxylation sites is 1. The summed E-state index contributed by atoms with van der Waals surface area (Å²) in [6, 6.07) is 11.2. The van der Waals surface area contributed by atoms with Crippen LogP contribution in [0.5, 0.6) is 0 Å². The van der Waals surface area contributed by atoms with Crippen molar-refractivity contribution in [2.75, 3.05) is 31.8 Å². The van der Waals surface area contributed by atoms with E-state index in [9.17, 15) is 4.79 Å². The van der Waals surface area contributed by atoms with Crippen molar-refractivity contribution in [3.8, 4) is 0 Å². The van der Waals surface area contributed by atoms with E-state index in [-0.39, 0.29) is 5.56 Å². The molecule has 1 aromatic carbocycles. The van der Waals surface area contributed by atoms with E-state index in [0.717, 1.165) is 24.0 Å². The molecular weight excluding hydrogens is 230 g/mol. The fraction of sp³-hybridized carbons (Fsp3) is 0.308. The largest absolute Gasteiger partial charge is 0.379 e. The average Bonchev–Trinajstić information content (AvgIpc) is 2.43. The molecule has 0 unspecified atom stereocenters. The number of aromatic nitrogens is 1. The number of hydrogen-bond acceptors (Lipinski definition) is 4. The van der Waals surface area contributed by atoms with Crippen molar-refractivity contribution >= 4 is 10.9 Å². The van der Waals surface area contributed by atoms with Crippen LogP contribution in [0.3, 0.4) is 0 Å². The second-order valence-electron chi connectivity index (χ2n) is 4.27. The molecule has 0 atom stereocenters. The summed E-state index contributed by atoms with van der Waals surface area (Å²) >= 11 is 0. The summed E-state index contributed by atoms with van der Waals surface area (Å²) < 4.78 is 6.87. The van der Waals surface area contributed by atoms with Crippen molar-refractivity contribution in [3.63, 3.8) is 0 Å². The monoisotopic (exact) mass is 245 g/mol. The number of ether oxygens (including phenoxy) is 1. The van der Waals surface area contributed by atoms with Gasteiger partial charge in [0.25, 0.3) is 5.56 Å². The third-order valence-corrected chi connectivity index (χ3v) is 3.06. The van der Waals surface area contributed by atoms with Crippen molar-refractivity contribution in [2.24, 2.45) is 0 Å². The Morgan fingerprint density at radius 2 is 1.83 bits per heavy atom. The maximum Gasteiger partial charge on any atom is 0.270 e. The van der Waals surface area contributed by atoms with Crippen LogP contribution in [0.25, 0.3) is 10.9 Å². The minimum Gasteiger partial charge on any atom is -0.379 e. The van der Waals surface area contributed by atoms with Crippen LogP contribution >= 0.6 is 0 Å². The van der Waals surface area contributed by atoms with Gasteiger partial charge in [-0.1, -0.05) is 18.2 Å². The van der Waals surface area contributed by atoms with Gasteiger partial charge in [0.1, 0.15) is 0 Å². The van der Waals surface area contributed by atoms with Crippen molar-refractivity contribution in [1.82, 2.24) is 9.69 Å². The van der Waals surface area contributed by atoms with Crippen molar-refractivity contribution < 1.29 is 4.74 Å². The molecule has 5 nitrogen and oxygen atoms in total. The van der Waals surface area contributed by atoms with Crippen LogP contribution in [0.1, 0.15) is 0 Å². The summed E-state index contributed by atoms with van der Waals surface area (Å²) in [7, 11) is 0. The molecule has 94 valence electrons. The Kier molecular flexibility index (Phi) is 3.00. The minimum atomic E-state index is -0.0554. The Labute approximate surface area is 105 Å². The van der Waals surface area contributed by atoms with Gasteiger partial charge in [-0.3, -0.25) is 10.3 Å². The summed E-state index contributed by atoms with van der Waals surface area (Å²) in [5.74, 6) is 0. The molecule has 2 heterocycles. The number of nitrogens with one attached hydrogen (secondary N) is 1. The molecule has 5 heteroatoms. The lowest BCUT2D eigenvalue weighted by atomic mass is 10.2. The molecule has 0 bridgehead atoms. The highest BCUT2D eigenvalue weighted by Gasteiger charge is 2.11. The molecule has 0 spiro atoms. The maximum absolute atomic E-state index is 11.9. The van der Waals surface area contributed by atoms with Crippen molar-refractivity contribution in [2.45, 2.75) is 0 Å². The molecule has 0 amide bonds. The molecule has 2 aromatic rings. The Balaban J connectivity index is 1.99. The van der Waals surface area contributed by atoms with Crippen molar-refractivity contribution in [3.05, 3.63) is 46.8 Å². The Hall–Kier alpha value is -1.85. The number of hydrazine groups is 1. The highest BCUT2D eigenvalue weighted by Crippen LogP contribution is 2.10. The molecule has 0 saturated carbocycles. The first-order valence-electron chi connectivity index (χ1n) is 6.05. The lowest BCUT2D eigenvalue weighted by Crippen LogP contribution is -2.47. The summed E-state index contributed by atoms with van der Waals surface area (Å²) in [5.41, 5.74) is 3.98. The van der Waals surface area contributed by atoms with Gasteiger partial charge in [0.05, 0.1) is 18.7 Å². The second kappa shape index (κ2) is 4.80. The maximum atomic E-state index is 11.9. The molecule has 1 aromatic heterocycles. The summed E-state index contributed by atoms with van der Waals surface area (Å²) in [6.07, 6.45) is 0. The zero-order valence-corrected chi connectivity index (χ0v) is 10.0. The third kappa shape index (κ3) is 2.10. The number of rotatable bonds is 2. The first-order chi connectivity index (χ1) is 8.84. The topological polar surface area (TPSA) is 46.5 Å². The summed E-state index contributed by atoms with van der Waals surface area (Å²) in [5, 5.41) is 3.04. The van der Waals surface area contributed by atoms with Crippen LogP contribution in [0.4, 0.5) is 0 Å². The Morgan fingerprint density at radius 3 is 2.67 bits per heavy atom. The van der Waals surface area contributed by atoms with Gasteiger partial charge in [0.2, 0.25) is 0 Å². The average molecular weight is 245 g/mol. The minimum absolute atomic E-state index is 0.0554. The smallest absolute Gasteiger partial charge is 0.270 e. The lowest BCUT2D eigenvalue weighted by Gasteiger charge is -2.28. The van der Waals surface area contributed by atoms with E-state index < -0.39 is 0 Å². The van der Waals surface area contributed by atoms with Crippen LogP contribution in [-0.4, -0.2) is 36.0 Å². The second-order valence-corrected chi connectivity index (χ2v) is 4.27. The van der Waals surface area contributed by atoms with E-state index in [4.69, 9.17) is 4.74 Å². The van der Waals surface area contributed by atoms with Crippen molar-refractivity contribution in [1.29, 1.82) is 0 Å². The molecule has 1 aliphatic heterocycles. The van der Waals surface area contributed by atoms with Gasteiger partial charge >= 0.3 is 0 Å². The summed E-state index contributed by atoms with van der Waals surface area (Å²) in [4.78, 5) is 11.9. The van der Waals surface area contributed by atoms with Crippen LogP contribution in [0, 0.1) is 0 Å². The SMILES string of the molecule is O=c1ccc2ccccc2n1NN1CCOCC1. The molecule has 3 rings (SSSR count). The Morgan fingerprint density at radius 1 is 1.06 bits per heavy atom. The molecular formula is C13H15N3O2. The van der Waals surface area contributed by atoms with Gasteiger partial charge in [0.15, 0.2) is 0 Å². The van der Waals surface area contributed by atoms with E-state index in [0.29, 0.717) is 13.2 Å². The number of pyridine rings is 1. The van der Waals surface area contributed by atoms with Crippen LogP contribution < -0.4 is 11.1 Å². The number of fused-ring (bicyclic) bond motifs is 1. The predicted molar refractivity (Wildman–Crippen MR) is 70.0 cm³/mol. The first-order valence-corrected chi connectivity index (χ1v) is 6.05. The van der Waals surface area contributed by atoms with Gasteiger partial charge < -0.3 is 4.74 Å². The fourth-order valence-corrected chi connectivity index (χ4v) is 2.09. The number of morpholine rings is 1. The van der Waals surface area contributed by atoms with Gasteiger partial charge in [-0.25, -0.2) is 9.69 Å².